The highest BCUT2D eigenvalue weighted by Gasteiger charge is 2.21. The van der Waals surface area contributed by atoms with Crippen molar-refractivity contribution in [2.24, 2.45) is 0 Å². The molecule has 0 spiro atoms. The lowest BCUT2D eigenvalue weighted by Gasteiger charge is -2.15. The van der Waals surface area contributed by atoms with E-state index in [-0.39, 0.29) is 18.4 Å². The van der Waals surface area contributed by atoms with Crippen molar-refractivity contribution < 1.29 is 23.5 Å². The number of aliphatic carboxylic acids is 1. The third kappa shape index (κ3) is 5.11. The summed E-state index contributed by atoms with van der Waals surface area (Å²) in [7, 11) is 0. The Kier molecular flexibility index (Phi) is 5.79. The highest BCUT2D eigenvalue weighted by molar-refractivity contribution is 5.85. The minimum absolute atomic E-state index is 0.00558. The molecule has 0 radical (unpaired) electrons. The zero-order valence-electron chi connectivity index (χ0n) is 13.0. The topological polar surface area (TPSA) is 90.2 Å². The number of carbonyl (C=O) groups is 2. The molecule has 2 aromatic rings. The number of nitrogens with one attached hydrogen (secondary N) is 1. The number of nitriles is 1. The zero-order chi connectivity index (χ0) is 18.4. The Labute approximate surface area is 142 Å². The molecule has 7 heteroatoms. The quantitative estimate of drug-likeness (QED) is 0.840. The number of rotatable bonds is 6. The van der Waals surface area contributed by atoms with Crippen molar-refractivity contribution in [3.8, 4) is 6.07 Å². The summed E-state index contributed by atoms with van der Waals surface area (Å²) < 4.78 is 26.0. The number of hydrogen-bond acceptors (Lipinski definition) is 3. The molecule has 128 valence electrons. The SMILES string of the molecule is N#Cc1cccc(C[C@H](NC(=O)Cc2ccc(F)c(F)c2)C(=O)O)c1. The van der Waals surface area contributed by atoms with Crippen molar-refractivity contribution in [3.05, 3.63) is 70.8 Å². The van der Waals surface area contributed by atoms with Gasteiger partial charge in [-0.15, -0.1) is 0 Å². The smallest absolute Gasteiger partial charge is 0.326 e. The average Bonchev–Trinajstić information content (AvgIpc) is 2.57. The molecular weight excluding hydrogens is 330 g/mol. The van der Waals surface area contributed by atoms with Crippen molar-refractivity contribution >= 4 is 11.9 Å². The lowest BCUT2D eigenvalue weighted by atomic mass is 10.0. The molecule has 25 heavy (non-hydrogen) atoms. The fourth-order valence-electron chi connectivity index (χ4n) is 2.28. The van der Waals surface area contributed by atoms with Crippen molar-refractivity contribution in [1.82, 2.24) is 5.32 Å². The van der Waals surface area contributed by atoms with E-state index in [9.17, 15) is 23.5 Å². The Morgan fingerprint density at radius 2 is 1.88 bits per heavy atom. The van der Waals surface area contributed by atoms with Crippen LogP contribution in [0.25, 0.3) is 0 Å². The summed E-state index contributed by atoms with van der Waals surface area (Å²) in [5.41, 5.74) is 1.20. The fourth-order valence-corrected chi connectivity index (χ4v) is 2.28. The molecule has 1 atom stereocenters. The Balaban J connectivity index is 2.05. The second-order valence-corrected chi connectivity index (χ2v) is 5.40. The number of hydrogen-bond donors (Lipinski definition) is 2. The van der Waals surface area contributed by atoms with Crippen molar-refractivity contribution in [2.75, 3.05) is 0 Å². The molecule has 2 aromatic carbocycles. The number of carboxylic acids is 1. The highest BCUT2D eigenvalue weighted by Crippen LogP contribution is 2.10. The summed E-state index contributed by atoms with van der Waals surface area (Å²) in [5.74, 6) is -3.96. The zero-order valence-corrected chi connectivity index (χ0v) is 13.0. The fraction of sp³-hybridized carbons (Fsp3) is 0.167. The number of carboxylic acid groups (broad SMARTS) is 1. The standard InChI is InChI=1S/C18H14F2N2O3/c19-14-5-4-12(7-15(14)20)9-17(23)22-16(18(24)25)8-11-2-1-3-13(6-11)10-21/h1-7,16H,8-9H2,(H,22,23)(H,24,25)/t16-/m0/s1. The molecule has 1 amide bonds. The molecule has 2 N–H and O–H groups in total. The molecule has 0 saturated carbocycles. The van der Waals surface area contributed by atoms with Gasteiger partial charge in [0.1, 0.15) is 6.04 Å². The third-order valence-electron chi connectivity index (χ3n) is 3.48. The van der Waals surface area contributed by atoms with E-state index in [1.165, 1.54) is 12.1 Å². The molecule has 0 bridgehead atoms. The van der Waals surface area contributed by atoms with Crippen LogP contribution in [-0.4, -0.2) is 23.0 Å². The summed E-state index contributed by atoms with van der Waals surface area (Å²) >= 11 is 0. The molecule has 0 fully saturated rings. The largest absolute Gasteiger partial charge is 0.480 e. The number of benzene rings is 2. The van der Waals surface area contributed by atoms with Gasteiger partial charge in [-0.2, -0.15) is 5.26 Å². The molecule has 0 aromatic heterocycles. The molecule has 0 saturated heterocycles. The van der Waals surface area contributed by atoms with Crippen LogP contribution in [0.1, 0.15) is 16.7 Å². The first-order chi connectivity index (χ1) is 11.9. The minimum atomic E-state index is -1.24. The molecule has 2 rings (SSSR count). The maximum absolute atomic E-state index is 13.2. The maximum atomic E-state index is 13.2. The van der Waals surface area contributed by atoms with Gasteiger partial charge in [0.05, 0.1) is 18.1 Å². The van der Waals surface area contributed by atoms with Crippen molar-refractivity contribution in [2.45, 2.75) is 18.9 Å². The van der Waals surface area contributed by atoms with Crippen LogP contribution in [-0.2, 0) is 22.4 Å². The number of carbonyl (C=O) groups excluding carboxylic acids is 1. The van der Waals surface area contributed by atoms with Crippen LogP contribution in [0.5, 0.6) is 0 Å². The summed E-state index contributed by atoms with van der Waals surface area (Å²) in [5, 5.41) is 20.5. The molecule has 0 aliphatic rings. The highest BCUT2D eigenvalue weighted by atomic mass is 19.2. The monoisotopic (exact) mass is 344 g/mol. The first-order valence-corrected chi connectivity index (χ1v) is 7.34. The third-order valence-corrected chi connectivity index (χ3v) is 3.48. The van der Waals surface area contributed by atoms with Crippen LogP contribution in [0.15, 0.2) is 42.5 Å². The van der Waals surface area contributed by atoms with Crippen molar-refractivity contribution in [1.29, 1.82) is 5.26 Å². The number of halogens is 2. The summed E-state index contributed by atoms with van der Waals surface area (Å²) in [6.07, 6.45) is -0.284. The lowest BCUT2D eigenvalue weighted by Crippen LogP contribution is -2.43. The number of amides is 1. The van der Waals surface area contributed by atoms with E-state index in [1.807, 2.05) is 6.07 Å². The molecule has 0 aliphatic carbocycles. The van der Waals surface area contributed by atoms with Gasteiger partial charge in [-0.3, -0.25) is 4.79 Å². The summed E-state index contributed by atoms with van der Waals surface area (Å²) in [4.78, 5) is 23.3. The van der Waals surface area contributed by atoms with Gasteiger partial charge in [0.15, 0.2) is 11.6 Å². The van der Waals surface area contributed by atoms with Gasteiger partial charge in [-0.25, -0.2) is 13.6 Å². The first kappa shape index (κ1) is 18.1. The van der Waals surface area contributed by atoms with Crippen LogP contribution in [0.4, 0.5) is 8.78 Å². The van der Waals surface area contributed by atoms with Gasteiger partial charge in [-0.1, -0.05) is 18.2 Å². The van der Waals surface area contributed by atoms with Gasteiger partial charge in [-0.05, 0) is 35.4 Å². The van der Waals surface area contributed by atoms with E-state index in [0.29, 0.717) is 11.1 Å². The van der Waals surface area contributed by atoms with Gasteiger partial charge in [0.2, 0.25) is 5.91 Å². The Morgan fingerprint density at radius 3 is 2.52 bits per heavy atom. The minimum Gasteiger partial charge on any atom is -0.480 e. The second kappa shape index (κ2) is 8.02. The molecule has 0 aliphatic heterocycles. The van der Waals surface area contributed by atoms with Crippen LogP contribution in [0.3, 0.4) is 0 Å². The van der Waals surface area contributed by atoms with E-state index >= 15 is 0 Å². The maximum Gasteiger partial charge on any atom is 0.326 e. The van der Waals surface area contributed by atoms with E-state index in [0.717, 1.165) is 12.1 Å². The average molecular weight is 344 g/mol. The molecular formula is C18H14F2N2O3. The molecule has 5 nitrogen and oxygen atoms in total. The molecule has 0 heterocycles. The Hall–Kier alpha value is -3.27. The normalized spacial score (nSPS) is 11.4. The Morgan fingerprint density at radius 1 is 1.12 bits per heavy atom. The second-order valence-electron chi connectivity index (χ2n) is 5.40. The van der Waals surface area contributed by atoms with E-state index in [4.69, 9.17) is 5.26 Å². The van der Waals surface area contributed by atoms with Gasteiger partial charge < -0.3 is 10.4 Å². The predicted octanol–water partition coefficient (Wildman–Crippen LogP) is 2.19. The van der Waals surface area contributed by atoms with E-state index in [1.54, 1.807) is 18.2 Å². The van der Waals surface area contributed by atoms with Gasteiger partial charge in [0.25, 0.3) is 0 Å². The summed E-state index contributed by atoms with van der Waals surface area (Å²) in [6, 6.07) is 10.2. The predicted molar refractivity (Wildman–Crippen MR) is 84.5 cm³/mol. The Bertz CT molecular complexity index is 846. The van der Waals surface area contributed by atoms with E-state index in [2.05, 4.69) is 5.32 Å². The van der Waals surface area contributed by atoms with E-state index < -0.39 is 29.6 Å². The molecule has 0 unspecified atom stereocenters. The summed E-state index contributed by atoms with van der Waals surface area (Å²) in [6.45, 7) is 0. The van der Waals surface area contributed by atoms with Crippen LogP contribution in [0.2, 0.25) is 0 Å². The van der Waals surface area contributed by atoms with Crippen LogP contribution in [0, 0.1) is 23.0 Å². The van der Waals surface area contributed by atoms with Crippen LogP contribution >= 0.6 is 0 Å². The van der Waals surface area contributed by atoms with Crippen LogP contribution < -0.4 is 5.32 Å². The number of nitrogens with zero attached hydrogens (tertiary/aromatic N) is 1. The van der Waals surface area contributed by atoms with Crippen molar-refractivity contribution in [3.63, 3.8) is 0 Å². The lowest BCUT2D eigenvalue weighted by molar-refractivity contribution is -0.141. The van der Waals surface area contributed by atoms with Gasteiger partial charge >= 0.3 is 5.97 Å². The first-order valence-electron chi connectivity index (χ1n) is 7.34. The van der Waals surface area contributed by atoms with Gasteiger partial charge in [0, 0.05) is 6.42 Å².